The molecule has 1 aliphatic heterocycles. The first kappa shape index (κ1) is 17.7. The Morgan fingerprint density at radius 1 is 1.23 bits per heavy atom. The minimum atomic E-state index is -0.461. The van der Waals surface area contributed by atoms with E-state index in [1.54, 1.807) is 30.3 Å². The van der Waals surface area contributed by atoms with Crippen LogP contribution >= 0.6 is 0 Å². The standard InChI is InChI=1S/C19H20FN3O3/c1-13-7-8-17(26-2)15(11-13)21-18(24)12-22-9-10-23(19(22)25)16-6-4-3-5-14(16)20/h3-8,11H,9-10,12H2,1-2H3,(H,21,24). The number of carbonyl (C=O) groups excluding carboxylic acids is 2. The van der Waals surface area contributed by atoms with Crippen molar-refractivity contribution in [1.82, 2.24) is 4.90 Å². The van der Waals surface area contributed by atoms with Gasteiger partial charge in [-0.25, -0.2) is 9.18 Å². The van der Waals surface area contributed by atoms with E-state index in [9.17, 15) is 14.0 Å². The largest absolute Gasteiger partial charge is 0.495 e. The summed E-state index contributed by atoms with van der Waals surface area (Å²) in [5, 5.41) is 2.77. The second kappa shape index (κ2) is 7.43. The maximum Gasteiger partial charge on any atom is 0.325 e. The van der Waals surface area contributed by atoms with Gasteiger partial charge in [-0.2, -0.15) is 0 Å². The van der Waals surface area contributed by atoms with E-state index in [0.717, 1.165) is 5.56 Å². The Bertz CT molecular complexity index is 841. The first-order valence-electron chi connectivity index (χ1n) is 8.25. The summed E-state index contributed by atoms with van der Waals surface area (Å²) < 4.78 is 19.1. The van der Waals surface area contributed by atoms with Crippen LogP contribution in [-0.4, -0.2) is 43.6 Å². The Morgan fingerprint density at radius 2 is 2.00 bits per heavy atom. The minimum absolute atomic E-state index is 0.110. The van der Waals surface area contributed by atoms with Crippen molar-refractivity contribution in [2.45, 2.75) is 6.92 Å². The van der Waals surface area contributed by atoms with Crippen LogP contribution < -0.4 is 15.0 Å². The fourth-order valence-electron chi connectivity index (χ4n) is 2.91. The molecule has 1 N–H and O–H groups in total. The highest BCUT2D eigenvalue weighted by Gasteiger charge is 2.32. The summed E-state index contributed by atoms with van der Waals surface area (Å²) in [6.07, 6.45) is 0. The van der Waals surface area contributed by atoms with Gasteiger partial charge in [-0.15, -0.1) is 0 Å². The van der Waals surface area contributed by atoms with Gasteiger partial charge in [0, 0.05) is 13.1 Å². The van der Waals surface area contributed by atoms with E-state index < -0.39 is 5.82 Å². The first-order chi connectivity index (χ1) is 12.5. The lowest BCUT2D eigenvalue weighted by Gasteiger charge is -2.19. The molecule has 1 saturated heterocycles. The topological polar surface area (TPSA) is 61.9 Å². The monoisotopic (exact) mass is 357 g/mol. The number of rotatable bonds is 5. The van der Waals surface area contributed by atoms with Crippen molar-refractivity contribution in [3.63, 3.8) is 0 Å². The molecule has 0 aliphatic carbocycles. The van der Waals surface area contributed by atoms with Gasteiger partial charge in [-0.1, -0.05) is 18.2 Å². The SMILES string of the molecule is COc1ccc(C)cc1NC(=O)CN1CCN(c2ccccc2F)C1=O. The number of aryl methyl sites for hydroxylation is 1. The Kier molecular flexibility index (Phi) is 5.06. The number of methoxy groups -OCH3 is 1. The highest BCUT2D eigenvalue weighted by atomic mass is 19.1. The Balaban J connectivity index is 1.67. The van der Waals surface area contributed by atoms with Crippen LogP contribution in [0, 0.1) is 12.7 Å². The van der Waals surface area contributed by atoms with Crippen molar-refractivity contribution in [3.05, 3.63) is 53.8 Å². The Hall–Kier alpha value is -3.09. The molecule has 3 amide bonds. The maximum atomic E-state index is 13.9. The van der Waals surface area contributed by atoms with Crippen molar-refractivity contribution in [3.8, 4) is 5.75 Å². The van der Waals surface area contributed by atoms with Gasteiger partial charge < -0.3 is 15.0 Å². The number of halogens is 1. The summed E-state index contributed by atoms with van der Waals surface area (Å²) in [5.41, 5.74) is 1.75. The van der Waals surface area contributed by atoms with Crippen molar-refractivity contribution in [2.24, 2.45) is 0 Å². The second-order valence-electron chi connectivity index (χ2n) is 6.06. The van der Waals surface area contributed by atoms with Gasteiger partial charge in [-0.05, 0) is 36.8 Å². The predicted octanol–water partition coefficient (Wildman–Crippen LogP) is 3.02. The van der Waals surface area contributed by atoms with Crippen molar-refractivity contribution >= 4 is 23.3 Å². The number of amides is 3. The number of hydrogen-bond donors (Lipinski definition) is 1. The van der Waals surface area contributed by atoms with Gasteiger partial charge in [0.1, 0.15) is 18.1 Å². The van der Waals surface area contributed by atoms with Crippen LogP contribution in [0.3, 0.4) is 0 Å². The quantitative estimate of drug-likeness (QED) is 0.895. The average Bonchev–Trinajstić information content (AvgIpc) is 2.96. The fourth-order valence-corrected chi connectivity index (χ4v) is 2.91. The Morgan fingerprint density at radius 3 is 2.73 bits per heavy atom. The number of nitrogens with one attached hydrogen (secondary N) is 1. The van der Waals surface area contributed by atoms with Gasteiger partial charge >= 0.3 is 6.03 Å². The van der Waals surface area contributed by atoms with Crippen LogP contribution in [0.15, 0.2) is 42.5 Å². The van der Waals surface area contributed by atoms with Crippen molar-refractivity contribution < 1.29 is 18.7 Å². The molecule has 2 aromatic carbocycles. The molecule has 1 heterocycles. The van der Waals surface area contributed by atoms with E-state index in [0.29, 0.717) is 24.5 Å². The highest BCUT2D eigenvalue weighted by molar-refractivity contribution is 6.00. The Labute approximate surface area is 151 Å². The van der Waals surface area contributed by atoms with Crippen LogP contribution in [-0.2, 0) is 4.79 Å². The van der Waals surface area contributed by atoms with E-state index in [4.69, 9.17) is 4.74 Å². The third-order valence-electron chi connectivity index (χ3n) is 4.20. The molecule has 0 saturated carbocycles. The van der Waals surface area contributed by atoms with Crippen LogP contribution in [0.5, 0.6) is 5.75 Å². The number of carbonyl (C=O) groups is 2. The molecule has 0 atom stereocenters. The van der Waals surface area contributed by atoms with Crippen LogP contribution in [0.4, 0.5) is 20.6 Å². The molecule has 0 bridgehead atoms. The molecule has 0 unspecified atom stereocenters. The van der Waals surface area contributed by atoms with E-state index in [2.05, 4.69) is 5.32 Å². The maximum absolute atomic E-state index is 13.9. The second-order valence-corrected chi connectivity index (χ2v) is 6.06. The molecular formula is C19H20FN3O3. The summed E-state index contributed by atoms with van der Waals surface area (Å²) in [6, 6.07) is 11.2. The third-order valence-corrected chi connectivity index (χ3v) is 4.20. The van der Waals surface area contributed by atoms with E-state index >= 15 is 0 Å². The molecule has 6 nitrogen and oxygen atoms in total. The van der Waals surface area contributed by atoms with Gasteiger partial charge in [0.25, 0.3) is 0 Å². The number of hydrogen-bond acceptors (Lipinski definition) is 3. The van der Waals surface area contributed by atoms with E-state index in [1.807, 2.05) is 13.0 Å². The molecule has 2 aromatic rings. The summed E-state index contributed by atoms with van der Waals surface area (Å²) in [7, 11) is 1.52. The van der Waals surface area contributed by atoms with Gasteiger partial charge in [-0.3, -0.25) is 9.69 Å². The molecule has 0 spiro atoms. The highest BCUT2D eigenvalue weighted by Crippen LogP contribution is 2.26. The van der Waals surface area contributed by atoms with Crippen LogP contribution in [0.25, 0.3) is 0 Å². The molecular weight excluding hydrogens is 337 g/mol. The summed E-state index contributed by atoms with van der Waals surface area (Å²) in [6.45, 7) is 2.48. The summed E-state index contributed by atoms with van der Waals surface area (Å²) in [5.74, 6) is -0.251. The lowest BCUT2D eigenvalue weighted by molar-refractivity contribution is -0.116. The molecule has 0 aromatic heterocycles. The predicted molar refractivity (Wildman–Crippen MR) is 97.1 cm³/mol. The van der Waals surface area contributed by atoms with Crippen LogP contribution in [0.1, 0.15) is 5.56 Å². The number of ether oxygens (including phenoxy) is 1. The molecule has 3 rings (SSSR count). The zero-order chi connectivity index (χ0) is 18.7. The summed E-state index contributed by atoms with van der Waals surface area (Å²) >= 11 is 0. The zero-order valence-corrected chi connectivity index (χ0v) is 14.7. The third kappa shape index (κ3) is 3.61. The average molecular weight is 357 g/mol. The number of benzene rings is 2. The molecule has 7 heteroatoms. The number of urea groups is 1. The number of nitrogens with zero attached hydrogens (tertiary/aromatic N) is 2. The van der Waals surface area contributed by atoms with Gasteiger partial charge in [0.15, 0.2) is 0 Å². The number of para-hydroxylation sites is 1. The van der Waals surface area contributed by atoms with E-state index in [-0.39, 0.29) is 24.2 Å². The smallest absolute Gasteiger partial charge is 0.325 e. The van der Waals surface area contributed by atoms with Crippen LogP contribution in [0.2, 0.25) is 0 Å². The van der Waals surface area contributed by atoms with E-state index in [1.165, 1.54) is 23.0 Å². The normalized spacial score (nSPS) is 13.9. The van der Waals surface area contributed by atoms with Gasteiger partial charge in [0.2, 0.25) is 5.91 Å². The molecule has 0 radical (unpaired) electrons. The number of anilines is 2. The first-order valence-corrected chi connectivity index (χ1v) is 8.25. The summed E-state index contributed by atoms with van der Waals surface area (Å²) in [4.78, 5) is 27.6. The van der Waals surface area contributed by atoms with Gasteiger partial charge in [0.05, 0.1) is 18.5 Å². The molecule has 26 heavy (non-hydrogen) atoms. The molecule has 136 valence electrons. The lowest BCUT2D eigenvalue weighted by atomic mass is 10.2. The van der Waals surface area contributed by atoms with Crippen molar-refractivity contribution in [1.29, 1.82) is 0 Å². The molecule has 1 aliphatic rings. The fraction of sp³-hybridized carbons (Fsp3) is 0.263. The molecule has 1 fully saturated rings. The minimum Gasteiger partial charge on any atom is -0.495 e. The van der Waals surface area contributed by atoms with Crippen molar-refractivity contribution in [2.75, 3.05) is 37.0 Å². The zero-order valence-electron chi connectivity index (χ0n) is 14.7. The lowest BCUT2D eigenvalue weighted by Crippen LogP contribution is -2.37.